The topological polar surface area (TPSA) is 126 Å². The molecule has 3 N–H and O–H groups in total. The van der Waals surface area contributed by atoms with Gasteiger partial charge in [-0.25, -0.2) is 0 Å². The third kappa shape index (κ3) is 6.23. The molecule has 2 amide bonds. The van der Waals surface area contributed by atoms with E-state index >= 15 is 0 Å². The number of carboxylic acids is 1. The molecule has 1 aromatic carbocycles. The highest BCUT2D eigenvalue weighted by molar-refractivity contribution is 5.80. The molecule has 38 heavy (non-hydrogen) atoms. The molecule has 0 bridgehead atoms. The van der Waals surface area contributed by atoms with Crippen molar-refractivity contribution in [2.45, 2.75) is 58.4 Å². The van der Waals surface area contributed by atoms with Crippen LogP contribution in [0.25, 0.3) is 0 Å². The van der Waals surface area contributed by atoms with Crippen molar-refractivity contribution >= 4 is 17.8 Å². The summed E-state index contributed by atoms with van der Waals surface area (Å²) in [6.45, 7) is 9.53. The second-order valence-electron chi connectivity index (χ2n) is 11.5. The van der Waals surface area contributed by atoms with Crippen molar-refractivity contribution in [3.63, 3.8) is 0 Å². The lowest BCUT2D eigenvalue weighted by molar-refractivity contribution is -0.144. The van der Waals surface area contributed by atoms with Crippen molar-refractivity contribution < 1.29 is 29.0 Å². The predicted molar refractivity (Wildman–Crippen MR) is 142 cm³/mol. The van der Waals surface area contributed by atoms with Gasteiger partial charge >= 0.3 is 5.97 Å². The average molecular weight is 531 g/mol. The summed E-state index contributed by atoms with van der Waals surface area (Å²) in [5.74, 6) is -0.643. The van der Waals surface area contributed by atoms with Gasteiger partial charge in [-0.1, -0.05) is 33.3 Å². The van der Waals surface area contributed by atoms with E-state index < -0.39 is 17.9 Å². The number of benzene rings is 1. The summed E-state index contributed by atoms with van der Waals surface area (Å²) < 4.78 is 11.0. The number of hydrogen-bond acceptors (Lipinski definition) is 7. The van der Waals surface area contributed by atoms with E-state index in [2.05, 4.69) is 20.8 Å². The second-order valence-corrected chi connectivity index (χ2v) is 11.5. The highest BCUT2D eigenvalue weighted by Crippen LogP contribution is 2.43. The number of unbranched alkanes of at least 4 members (excludes halogenated alkanes) is 1. The summed E-state index contributed by atoms with van der Waals surface area (Å²) in [6, 6.07) is 5.18. The summed E-state index contributed by atoms with van der Waals surface area (Å²) in [5, 5.41) is 10.4. The lowest BCUT2D eigenvalue weighted by Gasteiger charge is -2.31. The van der Waals surface area contributed by atoms with E-state index in [-0.39, 0.29) is 36.5 Å². The maximum atomic E-state index is 13.4. The summed E-state index contributed by atoms with van der Waals surface area (Å²) in [7, 11) is 0. The molecule has 0 saturated carbocycles. The number of ether oxygens (including phenoxy) is 2. The number of carbonyl (C=O) groups excluding carboxylic acids is 2. The number of likely N-dealkylation sites (tertiary alicyclic amines) is 2. The molecule has 1 aromatic rings. The van der Waals surface area contributed by atoms with Crippen LogP contribution >= 0.6 is 0 Å². The molecule has 3 aliphatic rings. The van der Waals surface area contributed by atoms with E-state index in [0.717, 1.165) is 18.4 Å². The molecule has 10 nitrogen and oxygen atoms in total. The molecule has 10 heteroatoms. The van der Waals surface area contributed by atoms with Crippen molar-refractivity contribution in [3.05, 3.63) is 23.8 Å². The van der Waals surface area contributed by atoms with Crippen molar-refractivity contribution in [1.82, 2.24) is 14.7 Å². The van der Waals surface area contributed by atoms with Crippen molar-refractivity contribution in [1.29, 1.82) is 0 Å². The number of rotatable bonds is 12. The normalized spacial score (nSPS) is 24.3. The van der Waals surface area contributed by atoms with E-state index in [9.17, 15) is 19.5 Å². The van der Waals surface area contributed by atoms with Crippen molar-refractivity contribution in [2.24, 2.45) is 17.1 Å². The van der Waals surface area contributed by atoms with Gasteiger partial charge in [0.15, 0.2) is 11.5 Å². The van der Waals surface area contributed by atoms with Crippen LogP contribution in [-0.4, -0.2) is 96.2 Å². The summed E-state index contributed by atoms with van der Waals surface area (Å²) in [4.78, 5) is 44.4. The maximum Gasteiger partial charge on any atom is 0.308 e. The molecule has 3 aliphatic heterocycles. The highest BCUT2D eigenvalue weighted by Gasteiger charge is 2.48. The molecule has 210 valence electrons. The van der Waals surface area contributed by atoms with Gasteiger partial charge in [-0.15, -0.1) is 0 Å². The molecule has 0 aromatic heterocycles. The average Bonchev–Trinajstić information content (AvgIpc) is 3.54. The van der Waals surface area contributed by atoms with Crippen LogP contribution in [0.3, 0.4) is 0 Å². The fraction of sp³-hybridized carbons (Fsp3) is 0.679. The Morgan fingerprint density at radius 2 is 1.97 bits per heavy atom. The second kappa shape index (κ2) is 11.9. The number of carbonyl (C=O) groups is 3. The fourth-order valence-corrected chi connectivity index (χ4v) is 6.15. The van der Waals surface area contributed by atoms with Gasteiger partial charge in [-0.2, -0.15) is 0 Å². The van der Waals surface area contributed by atoms with Crippen LogP contribution in [0.2, 0.25) is 0 Å². The zero-order valence-electron chi connectivity index (χ0n) is 22.9. The van der Waals surface area contributed by atoms with Crippen molar-refractivity contribution in [2.75, 3.05) is 52.6 Å². The molecule has 0 spiro atoms. The molecular weight excluding hydrogens is 488 g/mol. The summed E-state index contributed by atoms with van der Waals surface area (Å²) in [5.41, 5.74) is 6.55. The Balaban J connectivity index is 1.58. The van der Waals surface area contributed by atoms with Crippen LogP contribution in [0.1, 0.15) is 57.9 Å². The van der Waals surface area contributed by atoms with E-state index in [1.54, 1.807) is 4.90 Å². The number of fused-ring (bicyclic) bond motifs is 1. The lowest BCUT2D eigenvalue weighted by atomic mass is 9.84. The molecule has 2 saturated heterocycles. The van der Waals surface area contributed by atoms with Crippen LogP contribution in [0.5, 0.6) is 11.5 Å². The van der Waals surface area contributed by atoms with Gasteiger partial charge in [0.1, 0.15) is 0 Å². The number of hydrogen-bond donors (Lipinski definition) is 2. The van der Waals surface area contributed by atoms with E-state index in [1.165, 1.54) is 0 Å². The van der Waals surface area contributed by atoms with Gasteiger partial charge in [-0.3, -0.25) is 19.3 Å². The van der Waals surface area contributed by atoms with Gasteiger partial charge in [0, 0.05) is 57.6 Å². The molecule has 4 rings (SSSR count). The van der Waals surface area contributed by atoms with E-state index in [0.29, 0.717) is 63.6 Å². The lowest BCUT2D eigenvalue weighted by Crippen LogP contribution is -2.46. The standard InChI is InChI=1S/C28H42N4O6/c1-4-5-10-30(12-9-29)25(34)16-32-15-20(19-6-7-22-23(13-19)38-18-37-22)26(27(35)36)21(32)8-11-31-17-28(2,3)14-24(31)33/h6-7,13,20-21,26H,4-5,8-12,14-18,29H2,1-3H3,(H,35,36)/t20-,21+,26-/m1/s1. The first-order valence-electron chi connectivity index (χ1n) is 13.8. The van der Waals surface area contributed by atoms with Gasteiger partial charge in [0.05, 0.1) is 12.5 Å². The Morgan fingerprint density at radius 1 is 1.21 bits per heavy atom. The zero-order chi connectivity index (χ0) is 27.4. The monoisotopic (exact) mass is 530 g/mol. The molecule has 0 aliphatic carbocycles. The Morgan fingerprint density at radius 3 is 2.63 bits per heavy atom. The van der Waals surface area contributed by atoms with Gasteiger partial charge in [-0.05, 0) is 36.0 Å². The van der Waals surface area contributed by atoms with Crippen molar-refractivity contribution in [3.8, 4) is 11.5 Å². The maximum absolute atomic E-state index is 13.4. The van der Waals surface area contributed by atoms with Gasteiger partial charge in [0.2, 0.25) is 18.6 Å². The Bertz CT molecular complexity index is 1030. The zero-order valence-corrected chi connectivity index (χ0v) is 22.9. The number of amides is 2. The van der Waals surface area contributed by atoms with Crippen LogP contribution in [-0.2, 0) is 14.4 Å². The number of carboxylic acid groups (broad SMARTS) is 1. The minimum atomic E-state index is -0.898. The van der Waals surface area contributed by atoms with Crippen LogP contribution in [0, 0.1) is 11.3 Å². The first kappa shape index (κ1) is 28.2. The molecule has 2 fully saturated rings. The third-order valence-electron chi connectivity index (χ3n) is 8.03. The largest absolute Gasteiger partial charge is 0.481 e. The smallest absolute Gasteiger partial charge is 0.308 e. The van der Waals surface area contributed by atoms with Crippen LogP contribution < -0.4 is 15.2 Å². The molecule has 0 radical (unpaired) electrons. The molecule has 3 heterocycles. The minimum Gasteiger partial charge on any atom is -0.481 e. The molecular formula is C28H42N4O6. The number of nitrogens with two attached hydrogens (primary N) is 1. The number of aliphatic carboxylic acids is 1. The summed E-state index contributed by atoms with van der Waals surface area (Å²) >= 11 is 0. The molecule has 3 atom stereocenters. The summed E-state index contributed by atoms with van der Waals surface area (Å²) in [6.07, 6.45) is 2.83. The first-order chi connectivity index (χ1) is 18.1. The van der Waals surface area contributed by atoms with Crippen LogP contribution in [0.4, 0.5) is 0 Å². The first-order valence-corrected chi connectivity index (χ1v) is 13.8. The SMILES string of the molecule is CCCCN(CCN)C(=O)CN1C[C@H](c2ccc3c(c2)OCO3)[C@@H](C(=O)O)[C@@H]1CCN1CC(C)(C)CC1=O. The molecule has 0 unspecified atom stereocenters. The Kier molecular flexibility index (Phi) is 8.82. The predicted octanol–water partition coefficient (Wildman–Crippen LogP) is 2.12. The fourth-order valence-electron chi connectivity index (χ4n) is 6.15. The van der Waals surface area contributed by atoms with Gasteiger partial charge in [0.25, 0.3) is 0 Å². The van der Waals surface area contributed by atoms with E-state index in [4.69, 9.17) is 15.2 Å². The van der Waals surface area contributed by atoms with Gasteiger partial charge < -0.3 is 30.1 Å². The minimum absolute atomic E-state index is 0.0391. The quantitative estimate of drug-likeness (QED) is 0.421. The van der Waals surface area contributed by atoms with Crippen LogP contribution in [0.15, 0.2) is 18.2 Å². The Labute approximate surface area is 225 Å². The highest BCUT2D eigenvalue weighted by atomic mass is 16.7. The third-order valence-corrected chi connectivity index (χ3v) is 8.03. The number of nitrogens with zero attached hydrogens (tertiary/aromatic N) is 3. The Hall–Kier alpha value is -2.85. The van der Waals surface area contributed by atoms with E-state index in [1.807, 2.05) is 28.0 Å².